The third-order valence-corrected chi connectivity index (χ3v) is 4.51. The second-order valence-electron chi connectivity index (χ2n) is 6.90. The number of carbonyl (C=O) groups is 2. The van der Waals surface area contributed by atoms with Crippen molar-refractivity contribution in [1.82, 2.24) is 20.0 Å². The second kappa shape index (κ2) is 7.63. The highest BCUT2D eigenvalue weighted by atomic mass is 16.3. The molecule has 1 fully saturated rings. The first kappa shape index (κ1) is 18.0. The lowest BCUT2D eigenvalue weighted by molar-refractivity contribution is 0.0666. The quantitative estimate of drug-likeness (QED) is 0.877. The van der Waals surface area contributed by atoms with Gasteiger partial charge in [-0.05, 0) is 30.9 Å². The molecule has 0 aromatic carbocycles. The summed E-state index contributed by atoms with van der Waals surface area (Å²) in [6, 6.07) is 4.83. The van der Waals surface area contributed by atoms with Crippen molar-refractivity contribution in [3.8, 4) is 0 Å². The standard InChI is InChI=1S/C18H25N5O3/c1-12(2)14-10-16(22(3)21-14)20-18(25)19-13-6-4-8-23(11-13)17(24)15-7-5-9-26-15/h5,7,9-10,12-13H,4,6,8,11H2,1-3H3,(H2,19,20,25)/t13-/m1/s1. The van der Waals surface area contributed by atoms with Gasteiger partial charge in [0.25, 0.3) is 5.91 Å². The first-order valence-corrected chi connectivity index (χ1v) is 8.88. The number of carbonyl (C=O) groups excluding carboxylic acids is 2. The number of aryl methyl sites for hydroxylation is 1. The average molecular weight is 359 g/mol. The van der Waals surface area contributed by atoms with E-state index >= 15 is 0 Å². The molecule has 2 N–H and O–H groups in total. The molecule has 0 saturated carbocycles. The van der Waals surface area contributed by atoms with Crippen molar-refractivity contribution in [2.45, 2.75) is 38.6 Å². The lowest BCUT2D eigenvalue weighted by atomic mass is 10.1. The number of furan rings is 1. The lowest BCUT2D eigenvalue weighted by Gasteiger charge is -2.32. The number of nitrogens with zero attached hydrogens (tertiary/aromatic N) is 3. The second-order valence-corrected chi connectivity index (χ2v) is 6.90. The van der Waals surface area contributed by atoms with Crippen LogP contribution in [-0.4, -0.2) is 45.8 Å². The molecule has 2 aromatic heterocycles. The maximum Gasteiger partial charge on any atom is 0.320 e. The number of rotatable bonds is 4. The summed E-state index contributed by atoms with van der Waals surface area (Å²) in [6.45, 7) is 5.24. The van der Waals surface area contributed by atoms with E-state index < -0.39 is 0 Å². The first-order chi connectivity index (χ1) is 12.4. The summed E-state index contributed by atoms with van der Waals surface area (Å²) in [5.41, 5.74) is 0.927. The van der Waals surface area contributed by atoms with Gasteiger partial charge in [-0.15, -0.1) is 0 Å². The van der Waals surface area contributed by atoms with E-state index in [0.29, 0.717) is 30.6 Å². The van der Waals surface area contributed by atoms with Gasteiger partial charge in [-0.1, -0.05) is 13.8 Å². The Bertz CT molecular complexity index is 766. The molecule has 1 saturated heterocycles. The van der Waals surface area contributed by atoms with Crippen molar-refractivity contribution in [2.24, 2.45) is 7.05 Å². The Morgan fingerprint density at radius 1 is 1.38 bits per heavy atom. The highest BCUT2D eigenvalue weighted by Gasteiger charge is 2.27. The van der Waals surface area contributed by atoms with Crippen molar-refractivity contribution in [2.75, 3.05) is 18.4 Å². The Kier molecular flexibility index (Phi) is 5.29. The number of piperidine rings is 1. The van der Waals surface area contributed by atoms with Gasteiger partial charge in [-0.2, -0.15) is 5.10 Å². The zero-order chi connectivity index (χ0) is 18.7. The van der Waals surface area contributed by atoms with E-state index in [2.05, 4.69) is 29.6 Å². The van der Waals surface area contributed by atoms with Gasteiger partial charge in [0.1, 0.15) is 5.82 Å². The summed E-state index contributed by atoms with van der Waals surface area (Å²) in [4.78, 5) is 26.4. The predicted molar refractivity (Wildman–Crippen MR) is 97.1 cm³/mol. The molecule has 8 nitrogen and oxygen atoms in total. The van der Waals surface area contributed by atoms with E-state index in [9.17, 15) is 9.59 Å². The molecule has 1 aliphatic heterocycles. The molecule has 8 heteroatoms. The van der Waals surface area contributed by atoms with Crippen LogP contribution in [0.25, 0.3) is 0 Å². The minimum atomic E-state index is -0.291. The maximum absolute atomic E-state index is 12.4. The molecular weight excluding hydrogens is 334 g/mol. The number of nitrogens with one attached hydrogen (secondary N) is 2. The van der Waals surface area contributed by atoms with Gasteiger partial charge in [0.15, 0.2) is 5.76 Å². The molecule has 26 heavy (non-hydrogen) atoms. The molecule has 1 atom stereocenters. The molecule has 1 aliphatic rings. The molecule has 2 aromatic rings. The zero-order valence-corrected chi connectivity index (χ0v) is 15.4. The van der Waals surface area contributed by atoms with Crippen LogP contribution in [0.1, 0.15) is 48.9 Å². The van der Waals surface area contributed by atoms with Crippen LogP contribution in [0.15, 0.2) is 28.9 Å². The Morgan fingerprint density at radius 2 is 2.19 bits per heavy atom. The van der Waals surface area contributed by atoms with Crippen molar-refractivity contribution >= 4 is 17.8 Å². The summed E-state index contributed by atoms with van der Waals surface area (Å²) in [7, 11) is 1.80. The number of urea groups is 1. The fraction of sp³-hybridized carbons (Fsp3) is 0.500. The molecular formula is C18H25N5O3. The number of hydrogen-bond donors (Lipinski definition) is 2. The number of likely N-dealkylation sites (tertiary alicyclic amines) is 1. The number of hydrogen-bond acceptors (Lipinski definition) is 4. The van der Waals surface area contributed by atoms with E-state index in [-0.39, 0.29) is 18.0 Å². The van der Waals surface area contributed by atoms with Crippen LogP contribution in [0.4, 0.5) is 10.6 Å². The van der Waals surface area contributed by atoms with Crippen LogP contribution < -0.4 is 10.6 Å². The van der Waals surface area contributed by atoms with E-state index in [1.54, 1.807) is 28.8 Å². The molecule has 0 spiro atoms. The largest absolute Gasteiger partial charge is 0.459 e. The summed E-state index contributed by atoms with van der Waals surface area (Å²) in [6.07, 6.45) is 3.15. The van der Waals surface area contributed by atoms with Gasteiger partial charge >= 0.3 is 6.03 Å². The zero-order valence-electron chi connectivity index (χ0n) is 15.4. The summed E-state index contributed by atoms with van der Waals surface area (Å²) in [5, 5.41) is 10.2. The van der Waals surface area contributed by atoms with E-state index in [4.69, 9.17) is 4.42 Å². The van der Waals surface area contributed by atoms with Crippen molar-refractivity contribution in [3.05, 3.63) is 35.9 Å². The number of amides is 3. The average Bonchev–Trinajstić information content (AvgIpc) is 3.25. The normalized spacial score (nSPS) is 17.4. The first-order valence-electron chi connectivity index (χ1n) is 8.88. The molecule has 3 rings (SSSR count). The molecule has 140 valence electrons. The van der Waals surface area contributed by atoms with Crippen molar-refractivity contribution < 1.29 is 14.0 Å². The van der Waals surface area contributed by atoms with Gasteiger partial charge in [0.2, 0.25) is 0 Å². The summed E-state index contributed by atoms with van der Waals surface area (Å²) in [5.74, 6) is 1.12. The Morgan fingerprint density at radius 3 is 2.85 bits per heavy atom. The van der Waals surface area contributed by atoms with Gasteiger partial charge in [0.05, 0.1) is 12.0 Å². The Hall–Kier alpha value is -2.77. The van der Waals surface area contributed by atoms with E-state index in [1.807, 2.05) is 6.07 Å². The van der Waals surface area contributed by atoms with Crippen LogP contribution in [0.5, 0.6) is 0 Å². The molecule has 0 aliphatic carbocycles. The highest BCUT2D eigenvalue weighted by molar-refractivity contribution is 5.92. The summed E-state index contributed by atoms with van der Waals surface area (Å²) >= 11 is 0. The lowest BCUT2D eigenvalue weighted by Crippen LogP contribution is -2.50. The predicted octanol–water partition coefficient (Wildman–Crippen LogP) is 2.56. The molecule has 0 bridgehead atoms. The molecule has 3 amide bonds. The smallest absolute Gasteiger partial charge is 0.320 e. The third kappa shape index (κ3) is 4.07. The minimum absolute atomic E-state index is 0.0968. The molecule has 0 radical (unpaired) electrons. The monoisotopic (exact) mass is 359 g/mol. The third-order valence-electron chi connectivity index (χ3n) is 4.51. The van der Waals surface area contributed by atoms with Crippen molar-refractivity contribution in [3.63, 3.8) is 0 Å². The van der Waals surface area contributed by atoms with E-state index in [0.717, 1.165) is 18.5 Å². The van der Waals surface area contributed by atoms with Crippen LogP contribution in [0, 0.1) is 0 Å². The van der Waals surface area contributed by atoms with Gasteiger partial charge in [-0.25, -0.2) is 4.79 Å². The SMILES string of the molecule is CC(C)c1cc(NC(=O)N[C@@H]2CCCN(C(=O)c3ccco3)C2)n(C)n1. The maximum atomic E-state index is 12.4. The molecule has 3 heterocycles. The van der Waals surface area contributed by atoms with Crippen LogP contribution >= 0.6 is 0 Å². The summed E-state index contributed by atoms with van der Waals surface area (Å²) < 4.78 is 6.83. The number of aromatic nitrogens is 2. The Balaban J connectivity index is 1.56. The molecule has 0 unspecified atom stereocenters. The van der Waals surface area contributed by atoms with Crippen LogP contribution in [-0.2, 0) is 7.05 Å². The van der Waals surface area contributed by atoms with Crippen LogP contribution in [0.2, 0.25) is 0 Å². The van der Waals surface area contributed by atoms with Crippen molar-refractivity contribution in [1.29, 1.82) is 0 Å². The van der Waals surface area contributed by atoms with E-state index in [1.165, 1.54) is 6.26 Å². The topological polar surface area (TPSA) is 92.4 Å². The fourth-order valence-corrected chi connectivity index (χ4v) is 3.06. The minimum Gasteiger partial charge on any atom is -0.459 e. The fourth-order valence-electron chi connectivity index (χ4n) is 3.06. The van der Waals surface area contributed by atoms with Gasteiger partial charge in [-0.3, -0.25) is 14.8 Å². The van der Waals surface area contributed by atoms with Gasteiger partial charge < -0.3 is 14.6 Å². The highest BCUT2D eigenvalue weighted by Crippen LogP contribution is 2.18. The van der Waals surface area contributed by atoms with Crippen LogP contribution in [0.3, 0.4) is 0 Å². The number of anilines is 1. The van der Waals surface area contributed by atoms with Gasteiger partial charge in [0, 0.05) is 32.2 Å². The Labute approximate surface area is 152 Å².